The monoisotopic (exact) mass is 193 g/mol. The molecule has 1 aliphatic heterocycles. The minimum absolute atomic E-state index is 0.309. The van der Waals surface area contributed by atoms with Crippen LogP contribution in [0.1, 0.15) is 55.8 Å². The van der Waals surface area contributed by atoms with Gasteiger partial charge in [0.2, 0.25) is 5.89 Å². The minimum atomic E-state index is 0.309. The fourth-order valence-corrected chi connectivity index (χ4v) is 1.96. The van der Waals surface area contributed by atoms with Crippen LogP contribution in [0.3, 0.4) is 0 Å². The zero-order valence-corrected chi connectivity index (χ0v) is 8.20. The smallest absolute Gasteiger partial charge is 0.243 e. The Morgan fingerprint density at radius 2 is 2.14 bits per heavy atom. The van der Waals surface area contributed by atoms with Crippen LogP contribution in [-0.2, 0) is 0 Å². The number of hydrogen-bond donors (Lipinski definition) is 1. The Morgan fingerprint density at radius 3 is 2.86 bits per heavy atom. The van der Waals surface area contributed by atoms with Crippen LogP contribution >= 0.6 is 0 Å². The van der Waals surface area contributed by atoms with Gasteiger partial charge in [0.15, 0.2) is 5.82 Å². The molecule has 1 saturated heterocycles. The van der Waals surface area contributed by atoms with Crippen LogP contribution in [0.5, 0.6) is 0 Å². The van der Waals surface area contributed by atoms with Crippen molar-refractivity contribution >= 4 is 0 Å². The zero-order valence-electron chi connectivity index (χ0n) is 8.20. The van der Waals surface area contributed by atoms with Crippen LogP contribution in [0.15, 0.2) is 4.52 Å². The van der Waals surface area contributed by atoms with Crippen LogP contribution in [0.4, 0.5) is 0 Å². The van der Waals surface area contributed by atoms with Gasteiger partial charge in [0.05, 0.1) is 6.04 Å². The van der Waals surface area contributed by atoms with Crippen molar-refractivity contribution in [3.8, 4) is 0 Å². The van der Waals surface area contributed by atoms with E-state index in [9.17, 15) is 0 Å². The Kier molecular flexibility index (Phi) is 2.01. The van der Waals surface area contributed by atoms with Crippen molar-refractivity contribution in [2.24, 2.45) is 0 Å². The van der Waals surface area contributed by atoms with Gasteiger partial charge in [-0.3, -0.25) is 0 Å². The summed E-state index contributed by atoms with van der Waals surface area (Å²) in [6, 6.07) is 0.309. The van der Waals surface area contributed by atoms with Crippen molar-refractivity contribution in [3.05, 3.63) is 11.7 Å². The van der Waals surface area contributed by atoms with Gasteiger partial charge >= 0.3 is 0 Å². The average Bonchev–Trinajstić information content (AvgIpc) is 2.98. The van der Waals surface area contributed by atoms with E-state index in [-0.39, 0.29) is 0 Å². The number of rotatable bonds is 2. The fourth-order valence-electron chi connectivity index (χ4n) is 1.96. The van der Waals surface area contributed by atoms with Gasteiger partial charge in [0, 0.05) is 5.92 Å². The second kappa shape index (κ2) is 3.35. The standard InChI is InChI=1S/C10H15N3O/c1-2-6-11-8(3-1)10-12-9(13-14-10)7-4-5-7/h7-8,11H,1-6H2/t8-/m1/s1. The van der Waals surface area contributed by atoms with Gasteiger partial charge < -0.3 is 9.84 Å². The molecule has 1 aromatic rings. The molecule has 4 heteroatoms. The third-order valence-corrected chi connectivity index (χ3v) is 3.01. The van der Waals surface area contributed by atoms with E-state index >= 15 is 0 Å². The minimum Gasteiger partial charge on any atom is -0.338 e. The summed E-state index contributed by atoms with van der Waals surface area (Å²) < 4.78 is 5.28. The first-order valence-electron chi connectivity index (χ1n) is 5.50. The number of hydrogen-bond acceptors (Lipinski definition) is 4. The summed E-state index contributed by atoms with van der Waals surface area (Å²) in [5.41, 5.74) is 0. The van der Waals surface area contributed by atoms with Gasteiger partial charge in [-0.1, -0.05) is 11.6 Å². The number of nitrogens with zero attached hydrogens (tertiary/aromatic N) is 2. The summed E-state index contributed by atoms with van der Waals surface area (Å²) >= 11 is 0. The van der Waals surface area contributed by atoms with E-state index in [1.807, 2.05) is 0 Å². The van der Waals surface area contributed by atoms with E-state index in [0.717, 1.165) is 24.7 Å². The van der Waals surface area contributed by atoms with Gasteiger partial charge in [-0.05, 0) is 32.2 Å². The largest absolute Gasteiger partial charge is 0.338 e. The summed E-state index contributed by atoms with van der Waals surface area (Å²) in [4.78, 5) is 4.46. The molecule has 0 aromatic carbocycles. The highest BCUT2D eigenvalue weighted by Crippen LogP contribution is 2.38. The van der Waals surface area contributed by atoms with E-state index in [2.05, 4.69) is 15.5 Å². The lowest BCUT2D eigenvalue weighted by molar-refractivity contribution is 0.296. The van der Waals surface area contributed by atoms with Gasteiger partial charge in [0.1, 0.15) is 0 Å². The van der Waals surface area contributed by atoms with Crippen LogP contribution in [0.25, 0.3) is 0 Å². The average molecular weight is 193 g/mol. The molecule has 0 amide bonds. The molecule has 1 aromatic heterocycles. The first kappa shape index (κ1) is 8.41. The molecule has 4 nitrogen and oxygen atoms in total. The molecule has 2 aliphatic rings. The third-order valence-electron chi connectivity index (χ3n) is 3.01. The molecular formula is C10H15N3O. The highest BCUT2D eigenvalue weighted by molar-refractivity contribution is 5.05. The molecule has 2 fully saturated rings. The van der Waals surface area contributed by atoms with Crippen molar-refractivity contribution in [3.63, 3.8) is 0 Å². The lowest BCUT2D eigenvalue weighted by Crippen LogP contribution is -2.26. The summed E-state index contributed by atoms with van der Waals surface area (Å²) in [6.45, 7) is 1.08. The van der Waals surface area contributed by atoms with Crippen molar-refractivity contribution in [2.75, 3.05) is 6.54 Å². The molecule has 1 atom stereocenters. The molecule has 0 spiro atoms. The number of piperidine rings is 1. The first-order chi connectivity index (χ1) is 6.93. The van der Waals surface area contributed by atoms with Gasteiger partial charge in [-0.2, -0.15) is 4.98 Å². The summed E-state index contributed by atoms with van der Waals surface area (Å²) in [5, 5.41) is 7.44. The lowest BCUT2D eigenvalue weighted by Gasteiger charge is -2.19. The van der Waals surface area contributed by atoms with Gasteiger partial charge in [0.25, 0.3) is 0 Å². The Balaban J connectivity index is 1.74. The molecule has 76 valence electrons. The second-order valence-electron chi connectivity index (χ2n) is 4.27. The van der Waals surface area contributed by atoms with Gasteiger partial charge in [-0.25, -0.2) is 0 Å². The van der Waals surface area contributed by atoms with Gasteiger partial charge in [-0.15, -0.1) is 0 Å². The molecule has 0 radical (unpaired) electrons. The van der Waals surface area contributed by atoms with Crippen molar-refractivity contribution < 1.29 is 4.52 Å². The fraction of sp³-hybridized carbons (Fsp3) is 0.800. The topological polar surface area (TPSA) is 51.0 Å². The van der Waals surface area contributed by atoms with Crippen LogP contribution in [0.2, 0.25) is 0 Å². The van der Waals surface area contributed by atoms with Crippen LogP contribution in [-0.4, -0.2) is 16.7 Å². The Labute approximate surface area is 83.1 Å². The van der Waals surface area contributed by atoms with E-state index in [1.54, 1.807) is 0 Å². The molecular weight excluding hydrogens is 178 g/mol. The lowest BCUT2D eigenvalue weighted by atomic mass is 10.1. The van der Waals surface area contributed by atoms with Crippen molar-refractivity contribution in [1.29, 1.82) is 0 Å². The number of nitrogens with one attached hydrogen (secondary N) is 1. The first-order valence-corrected chi connectivity index (χ1v) is 5.50. The highest BCUT2D eigenvalue weighted by atomic mass is 16.5. The van der Waals surface area contributed by atoms with Crippen LogP contribution in [0, 0.1) is 0 Å². The Bertz CT molecular complexity index is 313. The quantitative estimate of drug-likeness (QED) is 0.777. The van der Waals surface area contributed by atoms with E-state index in [1.165, 1.54) is 25.7 Å². The summed E-state index contributed by atoms with van der Waals surface area (Å²) in [7, 11) is 0. The molecule has 14 heavy (non-hydrogen) atoms. The molecule has 1 aliphatic carbocycles. The maximum Gasteiger partial charge on any atom is 0.243 e. The maximum absolute atomic E-state index is 5.28. The molecule has 0 unspecified atom stereocenters. The summed E-state index contributed by atoms with van der Waals surface area (Å²) in [6.07, 6.45) is 6.12. The molecule has 0 bridgehead atoms. The van der Waals surface area contributed by atoms with E-state index in [0.29, 0.717) is 12.0 Å². The third kappa shape index (κ3) is 1.54. The molecule has 1 N–H and O–H groups in total. The highest BCUT2D eigenvalue weighted by Gasteiger charge is 2.30. The SMILES string of the molecule is C1CC[C@H](c2nc(C3CC3)no2)NC1. The summed E-state index contributed by atoms with van der Waals surface area (Å²) in [5.74, 6) is 2.31. The normalized spacial score (nSPS) is 27.9. The Hall–Kier alpha value is -0.900. The predicted octanol–water partition coefficient (Wildman–Crippen LogP) is 1.76. The molecule has 3 rings (SSSR count). The Morgan fingerprint density at radius 1 is 1.21 bits per heavy atom. The predicted molar refractivity (Wildman–Crippen MR) is 50.9 cm³/mol. The second-order valence-corrected chi connectivity index (χ2v) is 4.27. The van der Waals surface area contributed by atoms with Crippen molar-refractivity contribution in [1.82, 2.24) is 15.5 Å². The van der Waals surface area contributed by atoms with E-state index < -0.39 is 0 Å². The molecule has 1 saturated carbocycles. The van der Waals surface area contributed by atoms with E-state index in [4.69, 9.17) is 4.52 Å². The molecule has 2 heterocycles. The maximum atomic E-state index is 5.28. The number of aromatic nitrogens is 2. The zero-order chi connectivity index (χ0) is 9.38. The van der Waals surface area contributed by atoms with Crippen molar-refractivity contribution in [2.45, 2.75) is 44.1 Å². The van der Waals surface area contributed by atoms with Crippen LogP contribution < -0.4 is 5.32 Å².